The lowest BCUT2D eigenvalue weighted by Crippen LogP contribution is -2.24. The number of alkyl halides is 3. The molecule has 0 fully saturated rings. The Kier molecular flexibility index (Phi) is 2.59. The molecular weight excluding hydrogens is 181 g/mol. The number of hydrogen-bond donors (Lipinski definition) is 0. The molecule has 0 aromatic heterocycles. The smallest absolute Gasteiger partial charge is 0.284 e. The number of hydrogen-bond acceptors (Lipinski definition) is 1. The summed E-state index contributed by atoms with van der Waals surface area (Å²) in [7, 11) is 0. The number of ketones is 1. The molecule has 4 heteroatoms. The Bertz CT molecular complexity index is 284. The van der Waals surface area contributed by atoms with Crippen LogP contribution in [0.1, 0.15) is 19.8 Å². The molecule has 72 valence electrons. The molecule has 13 heavy (non-hydrogen) atoms. The average molecular weight is 190 g/mol. The summed E-state index contributed by atoms with van der Waals surface area (Å²) in [5.41, 5.74) is 0.858. The molecule has 0 saturated heterocycles. The summed E-state index contributed by atoms with van der Waals surface area (Å²) >= 11 is 0. The molecule has 1 aliphatic carbocycles. The monoisotopic (exact) mass is 190 g/mol. The molecule has 0 aromatic carbocycles. The first-order valence-electron chi connectivity index (χ1n) is 3.87. The molecule has 0 saturated carbocycles. The Morgan fingerprint density at radius 3 is 2.31 bits per heavy atom. The Morgan fingerprint density at radius 2 is 1.92 bits per heavy atom. The molecule has 0 radical (unpaired) electrons. The van der Waals surface area contributed by atoms with Gasteiger partial charge < -0.3 is 0 Å². The summed E-state index contributed by atoms with van der Waals surface area (Å²) in [5, 5.41) is 0. The highest BCUT2D eigenvalue weighted by Gasteiger charge is 2.40. The highest BCUT2D eigenvalue weighted by molar-refractivity contribution is 6.00. The van der Waals surface area contributed by atoms with Gasteiger partial charge in [-0.15, -0.1) is 0 Å². The Morgan fingerprint density at radius 1 is 1.31 bits per heavy atom. The molecule has 0 aromatic rings. The molecule has 0 N–H and O–H groups in total. The van der Waals surface area contributed by atoms with E-state index < -0.39 is 12.0 Å². The predicted molar refractivity (Wildman–Crippen MR) is 42.1 cm³/mol. The number of carbonyl (C=O) groups is 1. The normalized spacial score (nSPS) is 17.8. The van der Waals surface area contributed by atoms with Gasteiger partial charge in [0.25, 0.3) is 5.78 Å². The molecule has 1 rings (SSSR count). The Hall–Kier alpha value is -1.06. The van der Waals surface area contributed by atoms with Gasteiger partial charge in [0.1, 0.15) is 0 Å². The van der Waals surface area contributed by atoms with Gasteiger partial charge in [-0.3, -0.25) is 4.79 Å². The number of Topliss-reactive ketones (excluding diaryl/α,β-unsaturated/α-hetero) is 1. The summed E-state index contributed by atoms with van der Waals surface area (Å²) in [6.07, 6.45) is -1.18. The Labute approximate surface area is 73.9 Å². The van der Waals surface area contributed by atoms with Crippen LogP contribution in [-0.4, -0.2) is 12.0 Å². The number of carbonyl (C=O) groups excluding carboxylic acids is 1. The second-order valence-corrected chi connectivity index (χ2v) is 3.01. The van der Waals surface area contributed by atoms with Crippen molar-refractivity contribution in [3.8, 4) is 0 Å². The average Bonchev–Trinajstić information content (AvgIpc) is 2.03. The first-order valence-corrected chi connectivity index (χ1v) is 3.87. The summed E-state index contributed by atoms with van der Waals surface area (Å²) in [6.45, 7) is 1.82. The fourth-order valence-corrected chi connectivity index (χ4v) is 1.10. The first-order chi connectivity index (χ1) is 5.91. The van der Waals surface area contributed by atoms with Crippen LogP contribution in [0.25, 0.3) is 0 Å². The van der Waals surface area contributed by atoms with Crippen molar-refractivity contribution in [2.45, 2.75) is 25.9 Å². The van der Waals surface area contributed by atoms with Crippen LogP contribution in [-0.2, 0) is 4.79 Å². The first kappa shape index (κ1) is 10.0. The Balaban J connectivity index is 2.72. The van der Waals surface area contributed by atoms with Crippen molar-refractivity contribution < 1.29 is 18.0 Å². The van der Waals surface area contributed by atoms with Crippen LogP contribution in [0, 0.1) is 0 Å². The third-order valence-electron chi connectivity index (χ3n) is 1.89. The van der Waals surface area contributed by atoms with E-state index >= 15 is 0 Å². The van der Waals surface area contributed by atoms with E-state index in [0.717, 1.165) is 5.57 Å². The lowest BCUT2D eigenvalue weighted by molar-refractivity contribution is -0.166. The number of halogens is 3. The fourth-order valence-electron chi connectivity index (χ4n) is 1.10. The van der Waals surface area contributed by atoms with Gasteiger partial charge in [0.2, 0.25) is 0 Å². The highest BCUT2D eigenvalue weighted by Crippen LogP contribution is 2.26. The van der Waals surface area contributed by atoms with Crippen LogP contribution in [0.5, 0.6) is 0 Å². The minimum absolute atomic E-state index is 0.101. The zero-order chi connectivity index (χ0) is 10.1. The summed E-state index contributed by atoms with van der Waals surface area (Å²) < 4.78 is 35.8. The minimum atomic E-state index is -4.73. The van der Waals surface area contributed by atoms with Crippen molar-refractivity contribution in [1.82, 2.24) is 0 Å². The SMILES string of the molecule is CC1=CCC(C(=O)C(F)(F)F)=CC1. The molecule has 0 bridgehead atoms. The molecule has 0 heterocycles. The van der Waals surface area contributed by atoms with E-state index in [2.05, 4.69) is 0 Å². The summed E-state index contributed by atoms with van der Waals surface area (Å²) in [4.78, 5) is 10.7. The van der Waals surface area contributed by atoms with E-state index in [9.17, 15) is 18.0 Å². The standard InChI is InChI=1S/C9H9F3O/c1-6-2-4-7(5-3-6)8(13)9(10,11)12/h2,5H,3-4H2,1H3. The molecule has 0 unspecified atom stereocenters. The highest BCUT2D eigenvalue weighted by atomic mass is 19.4. The van der Waals surface area contributed by atoms with Crippen molar-refractivity contribution in [2.75, 3.05) is 0 Å². The molecular formula is C9H9F3O. The van der Waals surface area contributed by atoms with Crippen LogP contribution in [0.3, 0.4) is 0 Å². The van der Waals surface area contributed by atoms with Crippen molar-refractivity contribution >= 4 is 5.78 Å². The van der Waals surface area contributed by atoms with E-state index in [1.165, 1.54) is 6.08 Å². The van der Waals surface area contributed by atoms with Gasteiger partial charge in [-0.1, -0.05) is 17.7 Å². The van der Waals surface area contributed by atoms with Gasteiger partial charge in [-0.25, -0.2) is 0 Å². The summed E-state index contributed by atoms with van der Waals surface area (Å²) in [5.74, 6) is -1.71. The second kappa shape index (κ2) is 3.36. The third kappa shape index (κ3) is 2.44. The zero-order valence-corrected chi connectivity index (χ0v) is 7.11. The van der Waals surface area contributed by atoms with Gasteiger partial charge in [-0.2, -0.15) is 13.2 Å². The van der Waals surface area contributed by atoms with Crippen LogP contribution in [0.2, 0.25) is 0 Å². The van der Waals surface area contributed by atoms with Crippen molar-refractivity contribution in [3.05, 3.63) is 23.3 Å². The van der Waals surface area contributed by atoms with E-state index in [1.807, 2.05) is 6.92 Å². The quantitative estimate of drug-likeness (QED) is 0.581. The van der Waals surface area contributed by atoms with Crippen molar-refractivity contribution in [2.24, 2.45) is 0 Å². The molecule has 1 nitrogen and oxygen atoms in total. The lowest BCUT2D eigenvalue weighted by atomic mass is 9.97. The topological polar surface area (TPSA) is 17.1 Å². The summed E-state index contributed by atoms with van der Waals surface area (Å²) in [6, 6.07) is 0. The van der Waals surface area contributed by atoms with E-state index in [1.54, 1.807) is 6.08 Å². The van der Waals surface area contributed by atoms with Gasteiger partial charge in [0.15, 0.2) is 0 Å². The predicted octanol–water partition coefficient (Wildman–Crippen LogP) is 2.78. The van der Waals surface area contributed by atoms with Crippen LogP contribution < -0.4 is 0 Å². The van der Waals surface area contributed by atoms with E-state index in [4.69, 9.17) is 0 Å². The van der Waals surface area contributed by atoms with Gasteiger partial charge >= 0.3 is 6.18 Å². The van der Waals surface area contributed by atoms with E-state index in [-0.39, 0.29) is 12.0 Å². The van der Waals surface area contributed by atoms with Gasteiger partial charge in [0.05, 0.1) is 0 Å². The minimum Gasteiger partial charge on any atom is -0.284 e. The van der Waals surface area contributed by atoms with Gasteiger partial charge in [0, 0.05) is 5.57 Å². The van der Waals surface area contributed by atoms with Gasteiger partial charge in [-0.05, 0) is 19.8 Å². The number of allylic oxidation sites excluding steroid dienone is 4. The van der Waals surface area contributed by atoms with Crippen LogP contribution >= 0.6 is 0 Å². The number of rotatable bonds is 1. The van der Waals surface area contributed by atoms with Crippen LogP contribution in [0.15, 0.2) is 23.3 Å². The molecule has 0 atom stereocenters. The lowest BCUT2D eigenvalue weighted by Gasteiger charge is -2.11. The molecule has 1 aliphatic rings. The van der Waals surface area contributed by atoms with E-state index in [0.29, 0.717) is 6.42 Å². The molecule has 0 aliphatic heterocycles. The molecule has 0 spiro atoms. The molecule has 0 amide bonds. The third-order valence-corrected chi connectivity index (χ3v) is 1.89. The van der Waals surface area contributed by atoms with Crippen molar-refractivity contribution in [3.63, 3.8) is 0 Å². The maximum absolute atomic E-state index is 11.9. The maximum atomic E-state index is 11.9. The van der Waals surface area contributed by atoms with Crippen molar-refractivity contribution in [1.29, 1.82) is 0 Å². The largest absolute Gasteiger partial charge is 0.454 e. The zero-order valence-electron chi connectivity index (χ0n) is 7.11. The van der Waals surface area contributed by atoms with Crippen LogP contribution in [0.4, 0.5) is 13.2 Å². The fraction of sp³-hybridized carbons (Fsp3) is 0.444. The maximum Gasteiger partial charge on any atom is 0.454 e. The second-order valence-electron chi connectivity index (χ2n) is 3.01.